The SMILES string of the molecule is C/C=C\C=C/C=[N+]1c2ccc(C)cc2-c2cc3c(cc21)C(C)(C)c1ccccc1-3. The molecule has 3 aromatic carbocycles. The van der Waals surface area contributed by atoms with Gasteiger partial charge in [0.05, 0.1) is 11.1 Å². The standard InChI is InChI=1S/C28H26N/c1-5-6-7-10-15-29-26-14-13-19(2)16-22(26)23-17-21-20-11-8-9-12-24(20)28(3,4)25(21)18-27(23)29/h5-18H,1-4H3/q+1/b6-5-,10-7-,29-15?. The van der Waals surface area contributed by atoms with Gasteiger partial charge in [-0.25, -0.2) is 0 Å². The second kappa shape index (κ2) is 6.42. The molecule has 142 valence electrons. The summed E-state index contributed by atoms with van der Waals surface area (Å²) >= 11 is 0. The molecule has 0 unspecified atom stereocenters. The minimum Gasteiger partial charge on any atom is -0.159 e. The van der Waals surface area contributed by atoms with Crippen molar-refractivity contribution in [2.75, 3.05) is 0 Å². The van der Waals surface area contributed by atoms with Gasteiger partial charge in [0, 0.05) is 23.6 Å². The van der Waals surface area contributed by atoms with Crippen LogP contribution in [0, 0.1) is 6.92 Å². The molecule has 1 aliphatic carbocycles. The van der Waals surface area contributed by atoms with Crippen molar-refractivity contribution in [3.63, 3.8) is 0 Å². The highest BCUT2D eigenvalue weighted by Gasteiger charge is 2.40. The van der Waals surface area contributed by atoms with E-state index in [4.69, 9.17) is 0 Å². The zero-order valence-electron chi connectivity index (χ0n) is 17.5. The number of nitrogens with zero attached hydrogens (tertiary/aromatic N) is 1. The Labute approximate surface area is 173 Å². The average molecular weight is 377 g/mol. The first-order valence-electron chi connectivity index (χ1n) is 10.3. The van der Waals surface area contributed by atoms with Crippen molar-refractivity contribution in [2.45, 2.75) is 33.1 Å². The number of aryl methyl sites for hydroxylation is 1. The number of hydrogen-bond donors (Lipinski definition) is 0. The molecule has 0 spiro atoms. The van der Waals surface area contributed by atoms with Crippen LogP contribution in [0.15, 0.2) is 78.9 Å². The second-order valence-electron chi connectivity index (χ2n) is 8.54. The summed E-state index contributed by atoms with van der Waals surface area (Å²) in [5, 5.41) is 0. The van der Waals surface area contributed by atoms with E-state index >= 15 is 0 Å². The molecule has 5 rings (SSSR count). The minimum atomic E-state index is 0.0120. The zero-order chi connectivity index (χ0) is 20.2. The van der Waals surface area contributed by atoms with E-state index < -0.39 is 0 Å². The Morgan fingerprint density at radius 1 is 0.724 bits per heavy atom. The predicted octanol–water partition coefficient (Wildman–Crippen LogP) is 7.32. The van der Waals surface area contributed by atoms with E-state index in [-0.39, 0.29) is 5.41 Å². The number of hydrogen-bond acceptors (Lipinski definition) is 0. The fourth-order valence-corrected chi connectivity index (χ4v) is 4.83. The van der Waals surface area contributed by atoms with Crippen LogP contribution in [-0.2, 0) is 5.41 Å². The molecule has 0 fully saturated rings. The fourth-order valence-electron chi connectivity index (χ4n) is 4.83. The Bertz CT molecular complexity index is 1240. The van der Waals surface area contributed by atoms with Crippen LogP contribution in [0.3, 0.4) is 0 Å². The number of rotatable bonds is 2. The van der Waals surface area contributed by atoms with E-state index in [1.165, 1.54) is 50.3 Å². The van der Waals surface area contributed by atoms with Gasteiger partial charge in [-0.3, -0.25) is 0 Å². The summed E-state index contributed by atoms with van der Waals surface area (Å²) in [5.74, 6) is 0. The number of fused-ring (bicyclic) bond motifs is 6. The molecule has 1 nitrogen and oxygen atoms in total. The van der Waals surface area contributed by atoms with Crippen molar-refractivity contribution in [3.05, 3.63) is 95.6 Å². The number of allylic oxidation sites excluding steroid dienone is 4. The van der Waals surface area contributed by atoms with Gasteiger partial charge in [0.25, 0.3) is 0 Å². The summed E-state index contributed by atoms with van der Waals surface area (Å²) in [6, 6.07) is 20.5. The molecule has 3 aromatic rings. The molecule has 1 heterocycles. The van der Waals surface area contributed by atoms with Gasteiger partial charge in [0.2, 0.25) is 11.4 Å². The molecule has 0 radical (unpaired) electrons. The normalized spacial score (nSPS) is 17.0. The third-order valence-corrected chi connectivity index (χ3v) is 6.31. The maximum atomic E-state index is 2.42. The quantitative estimate of drug-likeness (QED) is 0.255. The highest BCUT2D eigenvalue weighted by Crippen LogP contribution is 2.54. The van der Waals surface area contributed by atoms with E-state index in [9.17, 15) is 0 Å². The molecule has 29 heavy (non-hydrogen) atoms. The lowest BCUT2D eigenvalue weighted by Gasteiger charge is -2.21. The van der Waals surface area contributed by atoms with E-state index in [0.29, 0.717) is 0 Å². The van der Waals surface area contributed by atoms with Crippen molar-refractivity contribution < 1.29 is 0 Å². The lowest BCUT2D eigenvalue weighted by Crippen LogP contribution is -2.15. The van der Waals surface area contributed by atoms with Crippen LogP contribution in [0.2, 0.25) is 0 Å². The van der Waals surface area contributed by atoms with Gasteiger partial charge in [-0.2, -0.15) is 4.58 Å². The van der Waals surface area contributed by atoms with E-state index in [1.54, 1.807) is 0 Å². The highest BCUT2D eigenvalue weighted by molar-refractivity contribution is 6.00. The molecule has 0 saturated heterocycles. The lowest BCUT2D eigenvalue weighted by atomic mass is 9.82. The summed E-state index contributed by atoms with van der Waals surface area (Å²) in [6.45, 7) is 8.90. The van der Waals surface area contributed by atoms with Crippen LogP contribution >= 0.6 is 0 Å². The van der Waals surface area contributed by atoms with E-state index in [0.717, 1.165) is 0 Å². The molecule has 1 heteroatoms. The van der Waals surface area contributed by atoms with Gasteiger partial charge >= 0.3 is 0 Å². The van der Waals surface area contributed by atoms with Gasteiger partial charge in [-0.05, 0) is 48.2 Å². The maximum absolute atomic E-state index is 2.42. The molecule has 0 atom stereocenters. The Morgan fingerprint density at radius 3 is 2.34 bits per heavy atom. The van der Waals surface area contributed by atoms with Crippen molar-refractivity contribution in [1.29, 1.82) is 0 Å². The first-order valence-corrected chi connectivity index (χ1v) is 10.3. The summed E-state index contributed by atoms with van der Waals surface area (Å²) in [6.07, 6.45) is 10.5. The summed E-state index contributed by atoms with van der Waals surface area (Å²) < 4.78 is 2.34. The third-order valence-electron chi connectivity index (χ3n) is 6.31. The minimum absolute atomic E-state index is 0.0120. The number of benzene rings is 3. The van der Waals surface area contributed by atoms with Crippen molar-refractivity contribution in [3.8, 4) is 22.3 Å². The largest absolute Gasteiger partial charge is 0.219 e. The van der Waals surface area contributed by atoms with Gasteiger partial charge < -0.3 is 0 Å². The Morgan fingerprint density at radius 2 is 1.52 bits per heavy atom. The molecule has 0 saturated carbocycles. The van der Waals surface area contributed by atoms with E-state index in [2.05, 4.69) is 104 Å². The topological polar surface area (TPSA) is 3.01 Å². The Hall–Kier alpha value is -3.19. The summed E-state index contributed by atoms with van der Waals surface area (Å²) in [4.78, 5) is 0. The fraction of sp³-hybridized carbons (Fsp3) is 0.179. The lowest BCUT2D eigenvalue weighted by molar-refractivity contribution is 0.660. The Balaban J connectivity index is 1.79. The van der Waals surface area contributed by atoms with Gasteiger partial charge in [0.1, 0.15) is 0 Å². The molecule has 0 N–H and O–H groups in total. The predicted molar refractivity (Wildman–Crippen MR) is 126 cm³/mol. The molecular formula is C28H26N+. The van der Waals surface area contributed by atoms with Gasteiger partial charge in [0.15, 0.2) is 6.21 Å². The van der Waals surface area contributed by atoms with Gasteiger partial charge in [-0.15, -0.1) is 0 Å². The molecule has 0 bridgehead atoms. The van der Waals surface area contributed by atoms with Crippen molar-refractivity contribution in [1.82, 2.24) is 4.58 Å². The first-order chi connectivity index (χ1) is 14.0. The highest BCUT2D eigenvalue weighted by atomic mass is 15.0. The van der Waals surface area contributed by atoms with E-state index in [1.807, 2.05) is 13.0 Å². The van der Waals surface area contributed by atoms with Crippen LogP contribution in [0.25, 0.3) is 22.3 Å². The van der Waals surface area contributed by atoms with Crippen LogP contribution < -0.4 is 4.58 Å². The van der Waals surface area contributed by atoms with Crippen LogP contribution in [0.4, 0.5) is 11.4 Å². The molecule has 2 aliphatic rings. The molecular weight excluding hydrogens is 350 g/mol. The van der Waals surface area contributed by atoms with Gasteiger partial charge in [-0.1, -0.05) is 68.0 Å². The average Bonchev–Trinajstić information content (AvgIpc) is 3.14. The first kappa shape index (κ1) is 17.9. The summed E-state index contributed by atoms with van der Waals surface area (Å²) in [7, 11) is 0. The van der Waals surface area contributed by atoms with Crippen LogP contribution in [0.5, 0.6) is 0 Å². The maximum Gasteiger partial charge on any atom is 0.219 e. The Kier molecular flexibility index (Phi) is 3.96. The van der Waals surface area contributed by atoms with Crippen LogP contribution in [-0.4, -0.2) is 6.21 Å². The monoisotopic (exact) mass is 376 g/mol. The zero-order valence-corrected chi connectivity index (χ0v) is 17.5. The van der Waals surface area contributed by atoms with Crippen LogP contribution in [0.1, 0.15) is 37.5 Å². The third kappa shape index (κ3) is 2.57. The molecule has 0 amide bonds. The van der Waals surface area contributed by atoms with Crippen molar-refractivity contribution >= 4 is 17.6 Å². The summed E-state index contributed by atoms with van der Waals surface area (Å²) in [5.41, 5.74) is 12.1. The second-order valence-corrected chi connectivity index (χ2v) is 8.54. The molecule has 1 aliphatic heterocycles. The molecule has 0 aromatic heterocycles. The van der Waals surface area contributed by atoms with Crippen molar-refractivity contribution in [2.24, 2.45) is 0 Å². The smallest absolute Gasteiger partial charge is 0.159 e.